The van der Waals surface area contributed by atoms with E-state index in [2.05, 4.69) is 16.0 Å². The summed E-state index contributed by atoms with van der Waals surface area (Å²) in [6, 6.07) is 20.0. The summed E-state index contributed by atoms with van der Waals surface area (Å²) in [6.45, 7) is 0. The van der Waals surface area contributed by atoms with Crippen molar-refractivity contribution in [2.24, 2.45) is 0 Å². The summed E-state index contributed by atoms with van der Waals surface area (Å²) in [5.74, 6) is 1.71. The van der Waals surface area contributed by atoms with E-state index in [1.165, 1.54) is 0 Å². The van der Waals surface area contributed by atoms with Crippen LogP contribution in [0.1, 0.15) is 0 Å². The average Bonchev–Trinajstić information content (AvgIpc) is 3.16. The standard InChI is InChI=1S/C17H12N2O/c1-2-7-13(12(6-1)16-10-5-11-20-16)17-18-14-8-3-4-9-15(14)19-17/h1-11H,(H,18,19). The molecule has 0 radical (unpaired) electrons. The fourth-order valence-corrected chi connectivity index (χ4v) is 2.42. The topological polar surface area (TPSA) is 41.8 Å². The number of hydrogen-bond acceptors (Lipinski definition) is 2. The van der Waals surface area contributed by atoms with Gasteiger partial charge in [0.1, 0.15) is 11.6 Å². The van der Waals surface area contributed by atoms with E-state index < -0.39 is 0 Å². The van der Waals surface area contributed by atoms with Gasteiger partial charge in [-0.05, 0) is 24.3 Å². The number of aromatic nitrogens is 2. The molecule has 3 heteroatoms. The molecule has 0 aliphatic rings. The number of imidazole rings is 1. The number of hydrogen-bond donors (Lipinski definition) is 1. The summed E-state index contributed by atoms with van der Waals surface area (Å²) < 4.78 is 5.51. The van der Waals surface area contributed by atoms with Gasteiger partial charge in [0.05, 0.1) is 17.3 Å². The molecule has 1 N–H and O–H groups in total. The average molecular weight is 260 g/mol. The summed E-state index contributed by atoms with van der Waals surface area (Å²) in [7, 11) is 0. The van der Waals surface area contributed by atoms with E-state index in [0.29, 0.717) is 0 Å². The van der Waals surface area contributed by atoms with Gasteiger partial charge in [0.2, 0.25) is 0 Å². The summed E-state index contributed by atoms with van der Waals surface area (Å²) in [4.78, 5) is 8.02. The minimum absolute atomic E-state index is 0.848. The highest BCUT2D eigenvalue weighted by Gasteiger charge is 2.12. The maximum atomic E-state index is 5.51. The molecule has 0 fully saturated rings. The number of fused-ring (bicyclic) bond motifs is 1. The number of para-hydroxylation sites is 2. The third kappa shape index (κ3) is 1.72. The lowest BCUT2D eigenvalue weighted by atomic mass is 10.1. The molecule has 0 amide bonds. The molecular weight excluding hydrogens is 248 g/mol. The fraction of sp³-hybridized carbons (Fsp3) is 0. The minimum atomic E-state index is 0.848. The maximum Gasteiger partial charge on any atom is 0.139 e. The van der Waals surface area contributed by atoms with Crippen molar-refractivity contribution in [1.29, 1.82) is 0 Å². The first-order chi connectivity index (χ1) is 9.92. The van der Waals surface area contributed by atoms with Crippen LogP contribution in [0.3, 0.4) is 0 Å². The molecule has 96 valence electrons. The molecule has 3 nitrogen and oxygen atoms in total. The molecule has 0 saturated carbocycles. The maximum absolute atomic E-state index is 5.51. The Kier molecular flexibility index (Phi) is 2.42. The number of benzene rings is 2. The van der Waals surface area contributed by atoms with E-state index >= 15 is 0 Å². The molecule has 0 unspecified atom stereocenters. The van der Waals surface area contributed by atoms with Crippen molar-refractivity contribution in [1.82, 2.24) is 9.97 Å². The van der Waals surface area contributed by atoms with Crippen LogP contribution in [0.4, 0.5) is 0 Å². The van der Waals surface area contributed by atoms with Crippen molar-refractivity contribution in [3.63, 3.8) is 0 Å². The lowest BCUT2D eigenvalue weighted by Crippen LogP contribution is -1.85. The zero-order valence-electron chi connectivity index (χ0n) is 10.7. The van der Waals surface area contributed by atoms with Gasteiger partial charge in [0, 0.05) is 11.1 Å². The van der Waals surface area contributed by atoms with Crippen LogP contribution in [-0.4, -0.2) is 9.97 Å². The van der Waals surface area contributed by atoms with Crippen molar-refractivity contribution in [3.8, 4) is 22.7 Å². The second-order valence-electron chi connectivity index (χ2n) is 4.63. The monoisotopic (exact) mass is 260 g/mol. The van der Waals surface area contributed by atoms with Crippen LogP contribution in [0.15, 0.2) is 71.3 Å². The van der Waals surface area contributed by atoms with Crippen molar-refractivity contribution in [2.45, 2.75) is 0 Å². The van der Waals surface area contributed by atoms with E-state index in [9.17, 15) is 0 Å². The second kappa shape index (κ2) is 4.38. The second-order valence-corrected chi connectivity index (χ2v) is 4.63. The van der Waals surface area contributed by atoms with Gasteiger partial charge in [-0.3, -0.25) is 0 Å². The van der Waals surface area contributed by atoms with Gasteiger partial charge in [-0.2, -0.15) is 0 Å². The number of nitrogens with one attached hydrogen (secondary N) is 1. The van der Waals surface area contributed by atoms with Gasteiger partial charge in [-0.1, -0.05) is 36.4 Å². The van der Waals surface area contributed by atoms with Crippen molar-refractivity contribution >= 4 is 11.0 Å². The summed E-state index contributed by atoms with van der Waals surface area (Å²) in [5.41, 5.74) is 4.09. The molecule has 4 aromatic rings. The SMILES string of the molecule is c1coc(-c2ccccc2-c2nc3ccccc3[nH]2)c1. The molecule has 0 aliphatic carbocycles. The Bertz CT molecular complexity index is 826. The van der Waals surface area contributed by atoms with E-state index in [1.54, 1.807) is 6.26 Å². The minimum Gasteiger partial charge on any atom is -0.464 e. The third-order valence-corrected chi connectivity index (χ3v) is 3.36. The number of furan rings is 1. The Labute approximate surface area is 115 Å². The Balaban J connectivity index is 1.94. The van der Waals surface area contributed by atoms with Crippen LogP contribution in [-0.2, 0) is 0 Å². The molecule has 0 saturated heterocycles. The first-order valence-electron chi connectivity index (χ1n) is 6.50. The smallest absolute Gasteiger partial charge is 0.139 e. The highest BCUT2D eigenvalue weighted by molar-refractivity contribution is 5.84. The highest BCUT2D eigenvalue weighted by Crippen LogP contribution is 2.31. The van der Waals surface area contributed by atoms with E-state index in [0.717, 1.165) is 33.7 Å². The summed E-state index contributed by atoms with van der Waals surface area (Å²) in [6.07, 6.45) is 1.69. The first-order valence-corrected chi connectivity index (χ1v) is 6.50. The molecule has 4 rings (SSSR count). The van der Waals surface area contributed by atoms with Gasteiger partial charge in [-0.25, -0.2) is 4.98 Å². The van der Waals surface area contributed by atoms with Crippen LogP contribution in [0.2, 0.25) is 0 Å². The zero-order chi connectivity index (χ0) is 13.4. The first kappa shape index (κ1) is 11.1. The third-order valence-electron chi connectivity index (χ3n) is 3.36. The number of H-pyrrole nitrogens is 1. The number of nitrogens with zero attached hydrogens (tertiary/aromatic N) is 1. The molecule has 0 aliphatic heterocycles. The van der Waals surface area contributed by atoms with Crippen LogP contribution in [0.5, 0.6) is 0 Å². The van der Waals surface area contributed by atoms with Crippen LogP contribution < -0.4 is 0 Å². The van der Waals surface area contributed by atoms with Gasteiger partial charge in [0.25, 0.3) is 0 Å². The van der Waals surface area contributed by atoms with Crippen LogP contribution >= 0.6 is 0 Å². The van der Waals surface area contributed by atoms with Crippen molar-refractivity contribution in [3.05, 3.63) is 66.9 Å². The van der Waals surface area contributed by atoms with E-state index in [4.69, 9.17) is 4.42 Å². The number of aromatic amines is 1. The van der Waals surface area contributed by atoms with E-state index in [-0.39, 0.29) is 0 Å². The molecule has 0 spiro atoms. The normalized spacial score (nSPS) is 11.0. The molecule has 20 heavy (non-hydrogen) atoms. The van der Waals surface area contributed by atoms with Crippen LogP contribution in [0.25, 0.3) is 33.7 Å². The lowest BCUT2D eigenvalue weighted by Gasteiger charge is -2.04. The summed E-state index contributed by atoms with van der Waals surface area (Å²) >= 11 is 0. The zero-order valence-corrected chi connectivity index (χ0v) is 10.7. The predicted molar refractivity (Wildman–Crippen MR) is 79.2 cm³/mol. The highest BCUT2D eigenvalue weighted by atomic mass is 16.3. The van der Waals surface area contributed by atoms with Gasteiger partial charge >= 0.3 is 0 Å². The van der Waals surface area contributed by atoms with Gasteiger partial charge in [-0.15, -0.1) is 0 Å². The Morgan fingerprint density at radius 3 is 2.40 bits per heavy atom. The fourth-order valence-electron chi connectivity index (χ4n) is 2.42. The number of rotatable bonds is 2. The van der Waals surface area contributed by atoms with Gasteiger partial charge < -0.3 is 9.40 Å². The molecule has 2 aromatic heterocycles. The molecule has 2 heterocycles. The van der Waals surface area contributed by atoms with Gasteiger partial charge in [0.15, 0.2) is 0 Å². The molecule has 0 atom stereocenters. The van der Waals surface area contributed by atoms with Crippen LogP contribution in [0, 0.1) is 0 Å². The predicted octanol–water partition coefficient (Wildman–Crippen LogP) is 4.49. The van der Waals surface area contributed by atoms with Crippen molar-refractivity contribution in [2.75, 3.05) is 0 Å². The Morgan fingerprint density at radius 2 is 1.60 bits per heavy atom. The molecule has 2 aromatic carbocycles. The van der Waals surface area contributed by atoms with E-state index in [1.807, 2.05) is 54.6 Å². The largest absolute Gasteiger partial charge is 0.464 e. The Hall–Kier alpha value is -2.81. The van der Waals surface area contributed by atoms with Crippen molar-refractivity contribution < 1.29 is 4.42 Å². The Morgan fingerprint density at radius 1 is 0.800 bits per heavy atom. The molecular formula is C17H12N2O. The summed E-state index contributed by atoms with van der Waals surface area (Å²) in [5, 5.41) is 0. The lowest BCUT2D eigenvalue weighted by molar-refractivity contribution is 0.582. The molecule has 0 bridgehead atoms. The quantitative estimate of drug-likeness (QED) is 0.577.